The summed E-state index contributed by atoms with van der Waals surface area (Å²) < 4.78 is 2.09. The van der Waals surface area contributed by atoms with Crippen LogP contribution in [0.3, 0.4) is 0 Å². The summed E-state index contributed by atoms with van der Waals surface area (Å²) in [4.78, 5) is 35.5. The van der Waals surface area contributed by atoms with Crippen LogP contribution in [0.5, 0.6) is 0 Å². The normalized spacial score (nSPS) is 23.8. The second-order valence-electron chi connectivity index (χ2n) is 8.27. The number of hydrogen-bond donors (Lipinski definition) is 0. The highest BCUT2D eigenvalue weighted by atomic mass is 32.2. The zero-order valence-electron chi connectivity index (χ0n) is 17.5. The zero-order chi connectivity index (χ0) is 21.4. The maximum atomic E-state index is 13.4. The Hall–Kier alpha value is -2.19. The van der Waals surface area contributed by atoms with E-state index in [9.17, 15) is 9.59 Å². The first-order valence-electron chi connectivity index (χ1n) is 10.4. The standard InChI is InChI=1S/C22H26N4O2S2/c1-4-8-26-21(28)17(30-22(26)29)11-16-19(24-12-14(2)10-15(3)13-24)23-18-7-5-6-9-25(18)20(16)27/h5-7,9,11,14-15H,4,8,10,12-13H2,1-3H3. The lowest BCUT2D eigenvalue weighted by Gasteiger charge is -2.36. The van der Waals surface area contributed by atoms with Crippen LogP contribution in [0, 0.1) is 11.8 Å². The summed E-state index contributed by atoms with van der Waals surface area (Å²) in [6, 6.07) is 5.53. The number of thiocarbonyl (C=S) groups is 1. The van der Waals surface area contributed by atoms with Gasteiger partial charge in [0, 0.05) is 25.8 Å². The lowest BCUT2D eigenvalue weighted by Crippen LogP contribution is -2.40. The third-order valence-corrected chi connectivity index (χ3v) is 6.89. The van der Waals surface area contributed by atoms with Crippen LogP contribution in [-0.4, -0.2) is 44.1 Å². The molecule has 0 spiro atoms. The van der Waals surface area contributed by atoms with Gasteiger partial charge in [0.15, 0.2) is 0 Å². The Morgan fingerprint density at radius 1 is 1.23 bits per heavy atom. The van der Waals surface area contributed by atoms with Crippen molar-refractivity contribution in [3.63, 3.8) is 0 Å². The molecule has 0 aromatic carbocycles. The number of amides is 1. The van der Waals surface area contributed by atoms with E-state index in [0.717, 1.165) is 25.9 Å². The number of carbonyl (C=O) groups excluding carboxylic acids is 1. The molecule has 2 unspecified atom stereocenters. The van der Waals surface area contributed by atoms with Gasteiger partial charge in [-0.25, -0.2) is 4.98 Å². The first-order chi connectivity index (χ1) is 14.4. The van der Waals surface area contributed by atoms with E-state index in [1.165, 1.54) is 11.8 Å². The van der Waals surface area contributed by atoms with E-state index < -0.39 is 0 Å². The van der Waals surface area contributed by atoms with Crippen LogP contribution in [0.1, 0.15) is 39.2 Å². The largest absolute Gasteiger partial charge is 0.355 e. The molecular formula is C22H26N4O2S2. The fourth-order valence-corrected chi connectivity index (χ4v) is 5.63. The molecule has 0 radical (unpaired) electrons. The van der Waals surface area contributed by atoms with E-state index in [0.29, 0.717) is 44.6 Å². The van der Waals surface area contributed by atoms with Gasteiger partial charge < -0.3 is 4.90 Å². The molecule has 2 aromatic rings. The number of piperidine rings is 1. The van der Waals surface area contributed by atoms with Crippen molar-refractivity contribution in [1.29, 1.82) is 0 Å². The monoisotopic (exact) mass is 442 g/mol. The molecule has 2 aliphatic rings. The molecule has 4 rings (SSSR count). The Morgan fingerprint density at radius 2 is 1.97 bits per heavy atom. The first kappa shape index (κ1) is 21.1. The van der Waals surface area contributed by atoms with E-state index in [-0.39, 0.29) is 11.5 Å². The van der Waals surface area contributed by atoms with Gasteiger partial charge in [0.2, 0.25) is 0 Å². The maximum Gasteiger partial charge on any atom is 0.267 e. The lowest BCUT2D eigenvalue weighted by atomic mass is 9.91. The Labute approximate surface area is 186 Å². The number of rotatable bonds is 4. The summed E-state index contributed by atoms with van der Waals surface area (Å²) in [5, 5.41) is 0. The number of fused-ring (bicyclic) bond motifs is 1. The van der Waals surface area contributed by atoms with Crippen molar-refractivity contribution in [3.8, 4) is 0 Å². The first-order valence-corrected chi connectivity index (χ1v) is 11.6. The van der Waals surface area contributed by atoms with Gasteiger partial charge in [0.05, 0.1) is 10.5 Å². The highest BCUT2D eigenvalue weighted by Gasteiger charge is 2.33. The van der Waals surface area contributed by atoms with Crippen LogP contribution < -0.4 is 10.5 Å². The van der Waals surface area contributed by atoms with Gasteiger partial charge in [0.25, 0.3) is 11.5 Å². The van der Waals surface area contributed by atoms with Crippen LogP contribution in [0.15, 0.2) is 34.1 Å². The fraction of sp³-hybridized carbons (Fsp3) is 0.455. The zero-order valence-corrected chi connectivity index (χ0v) is 19.1. The SMILES string of the molecule is CCCN1C(=O)C(=Cc2c(N3CC(C)CC(C)C3)nc3ccccn3c2=O)SC1=S. The fourth-order valence-electron chi connectivity index (χ4n) is 4.34. The van der Waals surface area contributed by atoms with E-state index in [2.05, 4.69) is 18.7 Å². The van der Waals surface area contributed by atoms with Crippen LogP contribution in [-0.2, 0) is 4.79 Å². The van der Waals surface area contributed by atoms with Gasteiger partial charge in [-0.15, -0.1) is 0 Å². The predicted molar refractivity (Wildman–Crippen MR) is 127 cm³/mol. The van der Waals surface area contributed by atoms with E-state index in [1.54, 1.807) is 21.6 Å². The molecule has 30 heavy (non-hydrogen) atoms. The van der Waals surface area contributed by atoms with Gasteiger partial charge in [0.1, 0.15) is 15.8 Å². The summed E-state index contributed by atoms with van der Waals surface area (Å²) >= 11 is 6.65. The Kier molecular flexibility index (Phi) is 5.97. The van der Waals surface area contributed by atoms with Crippen LogP contribution in [0.2, 0.25) is 0 Å². The minimum absolute atomic E-state index is 0.129. The summed E-state index contributed by atoms with van der Waals surface area (Å²) in [5.74, 6) is 1.56. The third-order valence-electron chi connectivity index (χ3n) is 5.51. The molecule has 0 aliphatic carbocycles. The van der Waals surface area contributed by atoms with Gasteiger partial charge in [-0.2, -0.15) is 0 Å². The highest BCUT2D eigenvalue weighted by Crippen LogP contribution is 2.34. The Balaban J connectivity index is 1.86. The molecule has 0 saturated carbocycles. The Morgan fingerprint density at radius 3 is 2.67 bits per heavy atom. The van der Waals surface area contributed by atoms with E-state index in [1.807, 2.05) is 25.1 Å². The topological polar surface area (TPSA) is 57.9 Å². The van der Waals surface area contributed by atoms with Crippen LogP contribution >= 0.6 is 24.0 Å². The number of hydrogen-bond acceptors (Lipinski definition) is 6. The van der Waals surface area contributed by atoms with Crippen LogP contribution in [0.4, 0.5) is 5.82 Å². The van der Waals surface area contributed by atoms with Crippen molar-refractivity contribution < 1.29 is 4.79 Å². The van der Waals surface area contributed by atoms with Gasteiger partial charge in [-0.05, 0) is 42.9 Å². The van der Waals surface area contributed by atoms with Crippen molar-refractivity contribution >= 4 is 51.7 Å². The summed E-state index contributed by atoms with van der Waals surface area (Å²) in [6.45, 7) is 8.75. The van der Waals surface area contributed by atoms with Crippen molar-refractivity contribution in [1.82, 2.24) is 14.3 Å². The van der Waals surface area contributed by atoms with E-state index in [4.69, 9.17) is 17.2 Å². The number of aromatic nitrogens is 2. The minimum Gasteiger partial charge on any atom is -0.355 e. The molecule has 8 heteroatoms. The highest BCUT2D eigenvalue weighted by molar-refractivity contribution is 8.26. The Bertz CT molecular complexity index is 1080. The smallest absolute Gasteiger partial charge is 0.267 e. The summed E-state index contributed by atoms with van der Waals surface area (Å²) in [7, 11) is 0. The third kappa shape index (κ3) is 3.90. The van der Waals surface area contributed by atoms with Crippen molar-refractivity contribution in [2.24, 2.45) is 11.8 Å². The number of anilines is 1. The second kappa shape index (κ2) is 8.51. The van der Waals surface area contributed by atoms with Gasteiger partial charge >= 0.3 is 0 Å². The quantitative estimate of drug-likeness (QED) is 0.530. The number of nitrogens with zero attached hydrogens (tertiary/aromatic N) is 4. The minimum atomic E-state index is -0.165. The number of thioether (sulfide) groups is 1. The molecule has 4 heterocycles. The van der Waals surface area contributed by atoms with Gasteiger partial charge in [-0.3, -0.25) is 18.9 Å². The molecule has 0 N–H and O–H groups in total. The maximum absolute atomic E-state index is 13.4. The molecule has 6 nitrogen and oxygen atoms in total. The number of pyridine rings is 1. The second-order valence-corrected chi connectivity index (χ2v) is 9.94. The summed E-state index contributed by atoms with van der Waals surface area (Å²) in [6.07, 6.45) is 5.40. The van der Waals surface area contributed by atoms with Crippen molar-refractivity contribution in [2.45, 2.75) is 33.6 Å². The van der Waals surface area contributed by atoms with Crippen molar-refractivity contribution in [3.05, 3.63) is 45.2 Å². The molecule has 0 bridgehead atoms. The molecule has 2 aromatic heterocycles. The molecule has 1 amide bonds. The predicted octanol–water partition coefficient (Wildman–Crippen LogP) is 3.79. The summed E-state index contributed by atoms with van der Waals surface area (Å²) in [5.41, 5.74) is 0.901. The molecular weight excluding hydrogens is 416 g/mol. The van der Waals surface area contributed by atoms with Crippen LogP contribution in [0.25, 0.3) is 11.7 Å². The van der Waals surface area contributed by atoms with Crippen molar-refractivity contribution in [2.75, 3.05) is 24.5 Å². The molecule has 2 saturated heterocycles. The average molecular weight is 443 g/mol. The molecule has 2 aliphatic heterocycles. The van der Waals surface area contributed by atoms with Gasteiger partial charge in [-0.1, -0.05) is 50.8 Å². The molecule has 2 atom stereocenters. The number of carbonyl (C=O) groups is 1. The molecule has 2 fully saturated rings. The lowest BCUT2D eigenvalue weighted by molar-refractivity contribution is -0.122. The average Bonchev–Trinajstić information content (AvgIpc) is 2.97. The molecule has 158 valence electrons. The van der Waals surface area contributed by atoms with E-state index >= 15 is 0 Å².